The molecule has 1 aromatic heterocycles. The summed E-state index contributed by atoms with van der Waals surface area (Å²) in [6, 6.07) is 9.24. The summed E-state index contributed by atoms with van der Waals surface area (Å²) in [5.41, 5.74) is 3.93. The summed E-state index contributed by atoms with van der Waals surface area (Å²) in [5, 5.41) is 29.9. The Labute approximate surface area is 133 Å². The largest absolute Gasteiger partial charge is 0.395 e. The Bertz CT molecular complexity index is 803. The van der Waals surface area contributed by atoms with E-state index in [1.165, 1.54) is 0 Å². The molecule has 23 heavy (non-hydrogen) atoms. The maximum atomic E-state index is 9.12. The highest BCUT2D eigenvalue weighted by molar-refractivity contribution is 5.67. The van der Waals surface area contributed by atoms with E-state index in [0.717, 1.165) is 22.5 Å². The van der Waals surface area contributed by atoms with E-state index in [1.54, 1.807) is 17.0 Å². The van der Waals surface area contributed by atoms with Gasteiger partial charge in [-0.2, -0.15) is 10.5 Å². The summed E-state index contributed by atoms with van der Waals surface area (Å²) >= 11 is 0. The second kappa shape index (κ2) is 6.30. The van der Waals surface area contributed by atoms with Crippen molar-refractivity contribution >= 4 is 5.95 Å². The van der Waals surface area contributed by atoms with Crippen LogP contribution in [-0.2, 0) is 13.1 Å². The molecule has 0 unspecified atom stereocenters. The lowest BCUT2D eigenvalue weighted by Gasteiger charge is -2.10. The van der Waals surface area contributed by atoms with Crippen LogP contribution in [0.1, 0.15) is 16.8 Å². The highest BCUT2D eigenvalue weighted by Crippen LogP contribution is 2.31. The molecule has 3 rings (SSSR count). The first-order valence-corrected chi connectivity index (χ1v) is 7.15. The molecule has 0 bridgehead atoms. The predicted octanol–water partition coefficient (Wildman–Crippen LogP) is 1.22. The lowest BCUT2D eigenvalue weighted by molar-refractivity contribution is 0.311. The molecule has 7 heteroatoms. The van der Waals surface area contributed by atoms with Crippen molar-refractivity contribution in [2.45, 2.75) is 13.1 Å². The zero-order chi connectivity index (χ0) is 16.2. The van der Waals surface area contributed by atoms with E-state index >= 15 is 0 Å². The number of fused-ring (bicyclic) bond motifs is 1. The molecule has 0 amide bonds. The average Bonchev–Trinajstić information content (AvgIpc) is 3.02. The number of nitriles is 2. The molecule has 0 radical (unpaired) electrons. The van der Waals surface area contributed by atoms with Crippen molar-refractivity contribution in [1.29, 1.82) is 10.5 Å². The van der Waals surface area contributed by atoms with Crippen molar-refractivity contribution in [1.82, 2.24) is 14.9 Å². The topological polar surface area (TPSA) is 109 Å². The third-order valence-corrected chi connectivity index (χ3v) is 3.61. The molecule has 1 aliphatic rings. The van der Waals surface area contributed by atoms with E-state index in [-0.39, 0.29) is 6.61 Å². The van der Waals surface area contributed by atoms with Gasteiger partial charge in [-0.3, -0.25) is 0 Å². The molecule has 1 aromatic carbocycles. The van der Waals surface area contributed by atoms with Crippen LogP contribution in [0.3, 0.4) is 0 Å². The van der Waals surface area contributed by atoms with Gasteiger partial charge in [0, 0.05) is 17.7 Å². The van der Waals surface area contributed by atoms with Gasteiger partial charge in [0.2, 0.25) is 5.95 Å². The Morgan fingerprint density at radius 1 is 1.17 bits per heavy atom. The van der Waals surface area contributed by atoms with Crippen molar-refractivity contribution < 1.29 is 5.11 Å². The maximum absolute atomic E-state index is 9.12. The molecule has 0 aliphatic carbocycles. The molecule has 2 heterocycles. The average molecular weight is 306 g/mol. The second-order valence-corrected chi connectivity index (χ2v) is 5.12. The summed E-state index contributed by atoms with van der Waals surface area (Å²) in [5.74, 6) is 0.428. The summed E-state index contributed by atoms with van der Waals surface area (Å²) in [7, 11) is 0. The van der Waals surface area contributed by atoms with Crippen LogP contribution in [0.15, 0.2) is 24.3 Å². The van der Waals surface area contributed by atoms with E-state index < -0.39 is 0 Å². The summed E-state index contributed by atoms with van der Waals surface area (Å²) in [6.07, 6.45) is 2.13. The van der Waals surface area contributed by atoms with Crippen LogP contribution in [-0.4, -0.2) is 33.1 Å². The number of nitrogens with one attached hydrogen (secondary N) is 1. The van der Waals surface area contributed by atoms with E-state index in [9.17, 15) is 0 Å². The molecule has 1 aliphatic heterocycles. The number of nitrogens with zero attached hydrogens (tertiary/aromatic N) is 5. The molecule has 2 N–H and O–H groups in total. The van der Waals surface area contributed by atoms with Gasteiger partial charge in [0.15, 0.2) is 6.19 Å². The van der Waals surface area contributed by atoms with Gasteiger partial charge in [0.1, 0.15) is 0 Å². The molecular formula is C16H14N6O. The molecule has 0 atom stereocenters. The normalized spacial score (nSPS) is 12.4. The third-order valence-electron chi connectivity index (χ3n) is 3.61. The molecule has 0 spiro atoms. The van der Waals surface area contributed by atoms with Crippen molar-refractivity contribution in [3.63, 3.8) is 0 Å². The SMILES string of the molecule is N#Cc1ccc(-c2nc(NCCO)nc3c2CN(C#N)C3)cc1. The number of anilines is 1. The van der Waals surface area contributed by atoms with Crippen LogP contribution >= 0.6 is 0 Å². The molecule has 0 saturated heterocycles. The second-order valence-electron chi connectivity index (χ2n) is 5.12. The standard InChI is InChI=1S/C16H14N6O/c17-7-11-1-3-12(4-2-11)15-13-8-22(10-18)9-14(13)20-16(21-15)19-5-6-23/h1-4,23H,5-6,8-9H2,(H,19,20,21). The molecule has 7 nitrogen and oxygen atoms in total. The first-order valence-electron chi connectivity index (χ1n) is 7.15. The Morgan fingerprint density at radius 3 is 2.61 bits per heavy atom. The number of hydrogen-bond donors (Lipinski definition) is 2. The van der Waals surface area contributed by atoms with Gasteiger partial charge in [-0.25, -0.2) is 9.97 Å². The Hall–Kier alpha value is -3.16. The quantitative estimate of drug-likeness (QED) is 0.817. The highest BCUT2D eigenvalue weighted by Gasteiger charge is 2.25. The van der Waals surface area contributed by atoms with E-state index in [4.69, 9.17) is 15.6 Å². The number of aliphatic hydroxyl groups excluding tert-OH is 1. The van der Waals surface area contributed by atoms with Gasteiger partial charge in [0.05, 0.1) is 42.7 Å². The monoisotopic (exact) mass is 306 g/mol. The Kier molecular flexibility index (Phi) is 4.05. The number of hydrogen-bond acceptors (Lipinski definition) is 7. The number of benzene rings is 1. The molecule has 0 saturated carbocycles. The van der Waals surface area contributed by atoms with E-state index in [0.29, 0.717) is 31.1 Å². The van der Waals surface area contributed by atoms with Gasteiger partial charge in [-0.15, -0.1) is 0 Å². The van der Waals surface area contributed by atoms with Gasteiger partial charge < -0.3 is 15.3 Å². The van der Waals surface area contributed by atoms with Gasteiger partial charge in [0.25, 0.3) is 0 Å². The fourth-order valence-corrected chi connectivity index (χ4v) is 2.51. The van der Waals surface area contributed by atoms with Crippen LogP contribution in [0.2, 0.25) is 0 Å². The minimum Gasteiger partial charge on any atom is -0.395 e. The highest BCUT2D eigenvalue weighted by atomic mass is 16.3. The zero-order valence-electron chi connectivity index (χ0n) is 12.3. The lowest BCUT2D eigenvalue weighted by Crippen LogP contribution is -2.11. The fourth-order valence-electron chi connectivity index (χ4n) is 2.51. The van der Waals surface area contributed by atoms with Crippen LogP contribution in [0.4, 0.5) is 5.95 Å². The Morgan fingerprint density at radius 2 is 1.96 bits per heavy atom. The lowest BCUT2D eigenvalue weighted by atomic mass is 10.0. The zero-order valence-corrected chi connectivity index (χ0v) is 12.3. The van der Waals surface area contributed by atoms with Gasteiger partial charge in [-0.1, -0.05) is 12.1 Å². The van der Waals surface area contributed by atoms with Crippen molar-refractivity contribution in [3.8, 4) is 23.5 Å². The smallest absolute Gasteiger partial charge is 0.223 e. The Balaban J connectivity index is 2.05. The van der Waals surface area contributed by atoms with Crippen molar-refractivity contribution in [2.75, 3.05) is 18.5 Å². The molecular weight excluding hydrogens is 292 g/mol. The minimum atomic E-state index is -0.0169. The number of aliphatic hydroxyl groups is 1. The van der Waals surface area contributed by atoms with Crippen LogP contribution < -0.4 is 5.32 Å². The minimum absolute atomic E-state index is 0.0169. The van der Waals surface area contributed by atoms with Crippen LogP contribution in [0, 0.1) is 22.8 Å². The first kappa shape index (κ1) is 14.8. The van der Waals surface area contributed by atoms with Gasteiger partial charge >= 0.3 is 0 Å². The molecule has 0 fully saturated rings. The summed E-state index contributed by atoms with van der Waals surface area (Å²) in [6.45, 7) is 1.26. The van der Waals surface area contributed by atoms with E-state index in [2.05, 4.69) is 27.5 Å². The number of aromatic nitrogens is 2. The van der Waals surface area contributed by atoms with Crippen LogP contribution in [0.5, 0.6) is 0 Å². The van der Waals surface area contributed by atoms with Crippen molar-refractivity contribution in [2.24, 2.45) is 0 Å². The number of rotatable bonds is 4. The maximum Gasteiger partial charge on any atom is 0.223 e. The fraction of sp³-hybridized carbons (Fsp3) is 0.250. The van der Waals surface area contributed by atoms with Crippen molar-refractivity contribution in [3.05, 3.63) is 41.1 Å². The van der Waals surface area contributed by atoms with E-state index in [1.807, 2.05) is 12.1 Å². The third kappa shape index (κ3) is 2.91. The molecule has 2 aromatic rings. The van der Waals surface area contributed by atoms with Crippen LogP contribution in [0.25, 0.3) is 11.3 Å². The first-order chi connectivity index (χ1) is 11.2. The predicted molar refractivity (Wildman–Crippen MR) is 82.6 cm³/mol. The van der Waals surface area contributed by atoms with Gasteiger partial charge in [-0.05, 0) is 12.1 Å². The summed E-state index contributed by atoms with van der Waals surface area (Å²) in [4.78, 5) is 10.6. The summed E-state index contributed by atoms with van der Waals surface area (Å²) < 4.78 is 0. The molecule has 114 valence electrons.